The first kappa shape index (κ1) is 24.1. The Labute approximate surface area is 193 Å². The topological polar surface area (TPSA) is 94.2 Å². The summed E-state index contributed by atoms with van der Waals surface area (Å²) in [5.41, 5.74) is 2.65. The Hall–Kier alpha value is -3.55. The van der Waals surface area contributed by atoms with Crippen LogP contribution in [0.2, 0.25) is 0 Å². The van der Waals surface area contributed by atoms with Crippen molar-refractivity contribution in [3.8, 4) is 22.6 Å². The van der Waals surface area contributed by atoms with E-state index in [-0.39, 0.29) is 25.4 Å². The number of hydrogen-bond acceptors (Lipinski definition) is 6. The van der Waals surface area contributed by atoms with Gasteiger partial charge in [-0.3, -0.25) is 9.59 Å². The van der Waals surface area contributed by atoms with Gasteiger partial charge in [0.05, 0.1) is 12.7 Å². The molecule has 0 fully saturated rings. The lowest BCUT2D eigenvalue weighted by Gasteiger charge is -2.29. The van der Waals surface area contributed by atoms with Crippen LogP contribution in [-0.4, -0.2) is 55.2 Å². The van der Waals surface area contributed by atoms with Crippen LogP contribution < -0.4 is 14.8 Å². The first-order chi connectivity index (χ1) is 15.7. The summed E-state index contributed by atoms with van der Waals surface area (Å²) in [6, 6.07) is 10.7. The maximum absolute atomic E-state index is 12.5. The monoisotopic (exact) mass is 454 g/mol. The van der Waals surface area contributed by atoms with Crippen molar-refractivity contribution in [1.29, 1.82) is 0 Å². The Morgan fingerprint density at radius 1 is 1.03 bits per heavy atom. The summed E-state index contributed by atoms with van der Waals surface area (Å²) in [4.78, 5) is 38.8. The molecular formula is C25H30N2O6. The van der Waals surface area contributed by atoms with Gasteiger partial charge in [0, 0.05) is 29.8 Å². The molecule has 8 heteroatoms. The van der Waals surface area contributed by atoms with Gasteiger partial charge in [-0.1, -0.05) is 18.2 Å². The molecular weight excluding hydrogens is 424 g/mol. The lowest BCUT2D eigenvalue weighted by Crippen LogP contribution is -2.49. The number of ether oxygens (including phenoxy) is 3. The molecule has 3 rings (SSSR count). The first-order valence-electron chi connectivity index (χ1n) is 10.9. The van der Waals surface area contributed by atoms with Crippen LogP contribution in [0.4, 0.5) is 0 Å². The second-order valence-electron chi connectivity index (χ2n) is 8.32. The van der Waals surface area contributed by atoms with E-state index in [0.29, 0.717) is 34.6 Å². The average Bonchev–Trinajstić information content (AvgIpc) is 3.26. The third-order valence-electron chi connectivity index (χ3n) is 5.40. The molecule has 2 aromatic carbocycles. The molecule has 1 aliphatic rings. The normalized spacial score (nSPS) is 12.1. The number of nitrogens with zero attached hydrogens (tertiary/aromatic N) is 1. The quantitative estimate of drug-likeness (QED) is 0.510. The van der Waals surface area contributed by atoms with Crippen LogP contribution in [0.3, 0.4) is 0 Å². The van der Waals surface area contributed by atoms with E-state index in [1.165, 1.54) is 7.11 Å². The summed E-state index contributed by atoms with van der Waals surface area (Å²) in [6.07, 6.45) is 0.465. The lowest BCUT2D eigenvalue weighted by molar-refractivity contribution is -0.148. The summed E-state index contributed by atoms with van der Waals surface area (Å²) in [5, 5.41) is 2.71. The van der Waals surface area contributed by atoms with E-state index >= 15 is 0 Å². The SMILES string of the molecule is COC(=O)c1ccccc1-c1cc(CCNC(=O)C(=O)N(C(C)C)C(C)C)cc2c1OCO2. The molecule has 1 heterocycles. The van der Waals surface area contributed by atoms with Crippen molar-refractivity contribution in [3.05, 3.63) is 47.5 Å². The summed E-state index contributed by atoms with van der Waals surface area (Å²) in [7, 11) is 1.34. The number of benzene rings is 2. The molecule has 0 atom stereocenters. The third kappa shape index (κ3) is 5.27. The highest BCUT2D eigenvalue weighted by Gasteiger charge is 2.27. The molecule has 8 nitrogen and oxygen atoms in total. The van der Waals surface area contributed by atoms with E-state index in [1.54, 1.807) is 17.0 Å². The minimum absolute atomic E-state index is 0.0745. The highest BCUT2D eigenvalue weighted by Crippen LogP contribution is 2.43. The number of esters is 1. The summed E-state index contributed by atoms with van der Waals surface area (Å²) in [6.45, 7) is 7.87. The lowest BCUT2D eigenvalue weighted by atomic mass is 9.96. The van der Waals surface area contributed by atoms with E-state index in [4.69, 9.17) is 14.2 Å². The molecule has 0 spiro atoms. The van der Waals surface area contributed by atoms with Gasteiger partial charge in [0.2, 0.25) is 6.79 Å². The number of nitrogens with one attached hydrogen (secondary N) is 1. The van der Waals surface area contributed by atoms with Crippen molar-refractivity contribution in [1.82, 2.24) is 10.2 Å². The Balaban J connectivity index is 1.80. The third-order valence-corrected chi connectivity index (χ3v) is 5.40. The fourth-order valence-electron chi connectivity index (χ4n) is 4.00. The molecule has 2 aromatic rings. The second-order valence-corrected chi connectivity index (χ2v) is 8.32. The number of amides is 2. The summed E-state index contributed by atoms with van der Waals surface area (Å²) < 4.78 is 16.2. The van der Waals surface area contributed by atoms with E-state index in [1.807, 2.05) is 52.0 Å². The maximum atomic E-state index is 12.5. The van der Waals surface area contributed by atoms with Crippen LogP contribution in [0.15, 0.2) is 36.4 Å². The number of methoxy groups -OCH3 is 1. The minimum atomic E-state index is -0.630. The molecule has 0 radical (unpaired) electrons. The van der Waals surface area contributed by atoms with Gasteiger partial charge in [0.1, 0.15) is 0 Å². The highest BCUT2D eigenvalue weighted by atomic mass is 16.7. The standard InChI is InChI=1S/C25H30N2O6/c1-15(2)27(16(3)4)24(29)23(28)26-11-10-17-12-20(22-21(13-17)32-14-33-22)18-8-6-7-9-19(18)25(30)31-5/h6-9,12-13,15-16H,10-11,14H2,1-5H3,(H,26,28). The van der Waals surface area contributed by atoms with E-state index < -0.39 is 17.8 Å². The molecule has 0 saturated heterocycles. The van der Waals surface area contributed by atoms with Gasteiger partial charge >= 0.3 is 17.8 Å². The number of fused-ring (bicyclic) bond motifs is 1. The Kier molecular flexibility index (Phi) is 7.58. The fourth-order valence-corrected chi connectivity index (χ4v) is 4.00. The maximum Gasteiger partial charge on any atom is 0.338 e. The van der Waals surface area contributed by atoms with Gasteiger partial charge in [-0.15, -0.1) is 0 Å². The van der Waals surface area contributed by atoms with Crippen molar-refractivity contribution >= 4 is 17.8 Å². The molecule has 0 aliphatic carbocycles. The molecule has 0 unspecified atom stereocenters. The number of rotatable bonds is 7. The molecule has 176 valence electrons. The smallest absolute Gasteiger partial charge is 0.338 e. The number of hydrogen-bond donors (Lipinski definition) is 1. The largest absolute Gasteiger partial charge is 0.465 e. The van der Waals surface area contributed by atoms with Gasteiger partial charge in [0.25, 0.3) is 0 Å². The Morgan fingerprint density at radius 2 is 1.73 bits per heavy atom. The van der Waals surface area contributed by atoms with Crippen LogP contribution in [0.5, 0.6) is 11.5 Å². The predicted molar refractivity (Wildman–Crippen MR) is 123 cm³/mol. The van der Waals surface area contributed by atoms with Crippen molar-refractivity contribution < 1.29 is 28.6 Å². The van der Waals surface area contributed by atoms with Crippen molar-refractivity contribution in [3.63, 3.8) is 0 Å². The Morgan fingerprint density at radius 3 is 2.39 bits per heavy atom. The molecule has 0 saturated carbocycles. The fraction of sp³-hybridized carbons (Fsp3) is 0.400. The predicted octanol–water partition coefficient (Wildman–Crippen LogP) is 3.17. The van der Waals surface area contributed by atoms with Crippen LogP contribution in [-0.2, 0) is 20.7 Å². The van der Waals surface area contributed by atoms with Gasteiger partial charge in [-0.25, -0.2) is 4.79 Å². The van der Waals surface area contributed by atoms with Crippen LogP contribution in [0.25, 0.3) is 11.1 Å². The van der Waals surface area contributed by atoms with E-state index in [0.717, 1.165) is 5.56 Å². The number of carbonyl (C=O) groups is 3. The zero-order chi connectivity index (χ0) is 24.1. The zero-order valence-electron chi connectivity index (χ0n) is 19.6. The molecule has 0 bridgehead atoms. The molecule has 1 aliphatic heterocycles. The summed E-state index contributed by atoms with van der Waals surface area (Å²) >= 11 is 0. The van der Waals surface area contributed by atoms with Crippen molar-refractivity contribution in [2.24, 2.45) is 0 Å². The minimum Gasteiger partial charge on any atom is -0.465 e. The van der Waals surface area contributed by atoms with Gasteiger partial charge in [-0.2, -0.15) is 0 Å². The first-order valence-corrected chi connectivity index (χ1v) is 10.9. The van der Waals surface area contributed by atoms with Crippen molar-refractivity contribution in [2.75, 3.05) is 20.4 Å². The van der Waals surface area contributed by atoms with Crippen LogP contribution >= 0.6 is 0 Å². The number of carbonyl (C=O) groups excluding carboxylic acids is 3. The van der Waals surface area contributed by atoms with Crippen molar-refractivity contribution in [2.45, 2.75) is 46.2 Å². The molecule has 33 heavy (non-hydrogen) atoms. The summed E-state index contributed by atoms with van der Waals surface area (Å²) in [5.74, 6) is -0.503. The van der Waals surface area contributed by atoms with E-state index in [9.17, 15) is 14.4 Å². The van der Waals surface area contributed by atoms with Gasteiger partial charge in [0.15, 0.2) is 11.5 Å². The molecule has 2 amide bonds. The van der Waals surface area contributed by atoms with Crippen LogP contribution in [0.1, 0.15) is 43.6 Å². The average molecular weight is 455 g/mol. The second kappa shape index (κ2) is 10.4. The van der Waals surface area contributed by atoms with E-state index in [2.05, 4.69) is 5.32 Å². The highest BCUT2D eigenvalue weighted by molar-refractivity contribution is 6.35. The Bertz CT molecular complexity index is 1040. The molecule has 1 N–H and O–H groups in total. The van der Waals surface area contributed by atoms with Crippen LogP contribution in [0, 0.1) is 0 Å². The zero-order valence-corrected chi connectivity index (χ0v) is 19.6. The van der Waals surface area contributed by atoms with Gasteiger partial charge in [-0.05, 0) is 57.9 Å². The molecule has 0 aromatic heterocycles. The van der Waals surface area contributed by atoms with Gasteiger partial charge < -0.3 is 24.4 Å².